The summed E-state index contributed by atoms with van der Waals surface area (Å²) in [4.78, 5) is 13.8. The Bertz CT molecular complexity index is 1180. The van der Waals surface area contributed by atoms with Crippen LogP contribution in [-0.4, -0.2) is 10.7 Å². The minimum absolute atomic E-state index is 0.483. The Morgan fingerprint density at radius 1 is 0.926 bits per heavy atom. The predicted molar refractivity (Wildman–Crippen MR) is 112 cm³/mol. The Morgan fingerprint density at radius 2 is 1.63 bits per heavy atom. The number of hydrogen-bond donors (Lipinski definition) is 1. The summed E-state index contributed by atoms with van der Waals surface area (Å²) in [7, 11) is 0. The highest BCUT2D eigenvalue weighted by Crippen LogP contribution is 2.39. The highest BCUT2D eigenvalue weighted by molar-refractivity contribution is 6.23. The van der Waals surface area contributed by atoms with E-state index in [0.717, 1.165) is 22.4 Å². The summed E-state index contributed by atoms with van der Waals surface area (Å²) in [5, 5.41) is 2.52. The first kappa shape index (κ1) is 16.5. The van der Waals surface area contributed by atoms with Gasteiger partial charge in [-0.15, -0.1) is 0 Å². The molecule has 1 aromatic heterocycles. The van der Waals surface area contributed by atoms with Crippen LogP contribution in [0.1, 0.15) is 33.6 Å². The van der Waals surface area contributed by atoms with Crippen molar-refractivity contribution in [1.29, 1.82) is 0 Å². The molecule has 1 aliphatic carbocycles. The molecule has 5 rings (SSSR count). The van der Waals surface area contributed by atoms with E-state index >= 15 is 0 Å². The Labute approximate surface area is 159 Å². The van der Waals surface area contributed by atoms with Gasteiger partial charge in [-0.3, -0.25) is 4.99 Å². The number of aromatic nitrogens is 1. The largest absolute Gasteiger partial charge is 0.339 e. The highest BCUT2D eigenvalue weighted by atomic mass is 14.9. The van der Waals surface area contributed by atoms with Gasteiger partial charge in [-0.05, 0) is 48.4 Å². The van der Waals surface area contributed by atoms with Crippen LogP contribution in [0.4, 0.5) is 11.4 Å². The van der Waals surface area contributed by atoms with E-state index < -0.39 is 0 Å². The molecule has 1 aliphatic heterocycles. The third-order valence-electron chi connectivity index (χ3n) is 6.15. The van der Waals surface area contributed by atoms with Gasteiger partial charge in [-0.25, -0.2) is 4.99 Å². The van der Waals surface area contributed by atoms with Crippen molar-refractivity contribution in [2.45, 2.75) is 33.6 Å². The SMILES string of the molecule is CC1CCC(C(C)C)C2=Nc3ccccc3N=c3[nH]c4ccccc4/c3=C\21. The summed E-state index contributed by atoms with van der Waals surface area (Å²) >= 11 is 0. The minimum Gasteiger partial charge on any atom is -0.339 e. The molecule has 1 saturated carbocycles. The second kappa shape index (κ2) is 6.19. The lowest BCUT2D eigenvalue weighted by Gasteiger charge is -2.34. The number of nitrogens with one attached hydrogen (secondary N) is 1. The zero-order valence-electron chi connectivity index (χ0n) is 16.2. The van der Waals surface area contributed by atoms with Crippen LogP contribution < -0.4 is 10.7 Å². The average molecular weight is 355 g/mol. The molecule has 27 heavy (non-hydrogen) atoms. The van der Waals surface area contributed by atoms with Crippen LogP contribution in [0.2, 0.25) is 0 Å². The Kier molecular flexibility index (Phi) is 3.78. The highest BCUT2D eigenvalue weighted by Gasteiger charge is 2.33. The van der Waals surface area contributed by atoms with Crippen LogP contribution in [0, 0.1) is 17.8 Å². The van der Waals surface area contributed by atoms with E-state index in [0.29, 0.717) is 17.8 Å². The number of H-pyrrole nitrogens is 1. The molecular formula is C24H25N3. The lowest BCUT2D eigenvalue weighted by atomic mass is 9.72. The standard InChI is InChI=1S/C24H25N3/c1-14(2)16-13-12-15(3)21-22-17-8-4-5-9-18(17)26-24(22)27-20-11-7-6-10-19(20)25-23(16)21/h4-11,14-16H,12-13H2,1-3H3,(H,26,27). The fourth-order valence-electron chi connectivity index (χ4n) is 4.72. The average Bonchev–Trinajstić information content (AvgIpc) is 2.99. The number of nitrogens with zero attached hydrogens (tertiary/aromatic N) is 2. The molecule has 2 heterocycles. The van der Waals surface area contributed by atoms with Gasteiger partial charge < -0.3 is 4.98 Å². The zero-order valence-corrected chi connectivity index (χ0v) is 16.2. The van der Waals surface area contributed by atoms with E-state index in [2.05, 4.69) is 68.2 Å². The van der Waals surface area contributed by atoms with Crippen LogP contribution in [0.5, 0.6) is 0 Å². The number of benzene rings is 2. The van der Waals surface area contributed by atoms with Gasteiger partial charge in [0.15, 0.2) is 0 Å². The molecule has 2 atom stereocenters. The summed E-state index contributed by atoms with van der Waals surface area (Å²) in [5.74, 6) is 1.55. The molecule has 2 aliphatic rings. The quantitative estimate of drug-likeness (QED) is 0.634. The first-order valence-electron chi connectivity index (χ1n) is 10.0. The lowest BCUT2D eigenvalue weighted by molar-refractivity contribution is 0.414. The second-order valence-electron chi connectivity index (χ2n) is 8.23. The number of aliphatic imine (C=N–C) groups is 1. The van der Waals surface area contributed by atoms with Crippen molar-refractivity contribution < 1.29 is 0 Å². The molecule has 0 amide bonds. The zero-order chi connectivity index (χ0) is 18.5. The Hall–Kier alpha value is -2.68. The molecule has 1 fully saturated rings. The predicted octanol–water partition coefficient (Wildman–Crippen LogP) is 5.06. The third kappa shape index (κ3) is 2.56. The summed E-state index contributed by atoms with van der Waals surface area (Å²) in [5.41, 5.74) is 6.72. The van der Waals surface area contributed by atoms with Gasteiger partial charge in [-0.2, -0.15) is 0 Å². The molecular weight excluding hydrogens is 330 g/mol. The number of aromatic amines is 1. The number of para-hydroxylation sites is 3. The molecule has 0 spiro atoms. The summed E-state index contributed by atoms with van der Waals surface area (Å²) in [6.45, 7) is 7.00. The fourth-order valence-corrected chi connectivity index (χ4v) is 4.72. The third-order valence-corrected chi connectivity index (χ3v) is 6.15. The van der Waals surface area contributed by atoms with Gasteiger partial charge in [0.25, 0.3) is 0 Å². The smallest absolute Gasteiger partial charge is 0.139 e. The molecule has 3 nitrogen and oxygen atoms in total. The topological polar surface area (TPSA) is 40.5 Å². The van der Waals surface area contributed by atoms with Gasteiger partial charge in [0.2, 0.25) is 0 Å². The minimum atomic E-state index is 0.483. The van der Waals surface area contributed by atoms with E-state index in [1.54, 1.807) is 0 Å². The number of fused-ring (bicyclic) bond motifs is 5. The van der Waals surface area contributed by atoms with Crippen molar-refractivity contribution in [2.75, 3.05) is 0 Å². The summed E-state index contributed by atoms with van der Waals surface area (Å²) in [6.07, 6.45) is 2.41. The number of hydrogen-bond acceptors (Lipinski definition) is 2. The van der Waals surface area contributed by atoms with Crippen molar-refractivity contribution in [1.82, 2.24) is 4.98 Å². The van der Waals surface area contributed by atoms with Crippen LogP contribution in [0.15, 0.2) is 58.5 Å². The first-order valence-corrected chi connectivity index (χ1v) is 10.0. The van der Waals surface area contributed by atoms with E-state index in [1.807, 2.05) is 6.07 Å². The van der Waals surface area contributed by atoms with Gasteiger partial charge in [0, 0.05) is 27.8 Å². The van der Waals surface area contributed by atoms with Gasteiger partial charge in [-0.1, -0.05) is 51.1 Å². The molecule has 1 N–H and O–H groups in total. The van der Waals surface area contributed by atoms with Gasteiger partial charge >= 0.3 is 0 Å². The molecule has 3 aromatic rings. The fraction of sp³-hybridized carbons (Fsp3) is 0.333. The second-order valence-corrected chi connectivity index (χ2v) is 8.23. The normalized spacial score (nSPS) is 23.6. The van der Waals surface area contributed by atoms with E-state index in [9.17, 15) is 0 Å². The molecule has 0 saturated heterocycles. The van der Waals surface area contributed by atoms with Crippen LogP contribution >= 0.6 is 0 Å². The number of rotatable bonds is 1. The van der Waals surface area contributed by atoms with Crippen molar-refractivity contribution in [3.8, 4) is 0 Å². The monoisotopic (exact) mass is 355 g/mol. The van der Waals surface area contributed by atoms with Crippen LogP contribution in [0.3, 0.4) is 0 Å². The summed E-state index contributed by atoms with van der Waals surface area (Å²) in [6, 6.07) is 16.8. The van der Waals surface area contributed by atoms with Crippen molar-refractivity contribution in [2.24, 2.45) is 27.7 Å². The Morgan fingerprint density at radius 3 is 2.41 bits per heavy atom. The molecule has 2 aromatic carbocycles. The van der Waals surface area contributed by atoms with E-state index in [1.165, 1.54) is 34.7 Å². The molecule has 0 bridgehead atoms. The Balaban J connectivity index is 2.00. The van der Waals surface area contributed by atoms with E-state index in [4.69, 9.17) is 9.98 Å². The van der Waals surface area contributed by atoms with E-state index in [-0.39, 0.29) is 0 Å². The van der Waals surface area contributed by atoms with Crippen molar-refractivity contribution in [3.63, 3.8) is 0 Å². The molecule has 136 valence electrons. The summed E-state index contributed by atoms with van der Waals surface area (Å²) < 4.78 is 0. The van der Waals surface area contributed by atoms with Crippen molar-refractivity contribution in [3.05, 3.63) is 59.2 Å². The maximum Gasteiger partial charge on any atom is 0.139 e. The van der Waals surface area contributed by atoms with Gasteiger partial charge in [0.1, 0.15) is 5.49 Å². The van der Waals surface area contributed by atoms with Crippen LogP contribution in [-0.2, 0) is 0 Å². The van der Waals surface area contributed by atoms with Gasteiger partial charge in [0.05, 0.1) is 11.4 Å². The van der Waals surface area contributed by atoms with Crippen molar-refractivity contribution >= 4 is 33.6 Å². The van der Waals surface area contributed by atoms with Crippen LogP contribution in [0.25, 0.3) is 16.5 Å². The first-order chi connectivity index (χ1) is 13.1. The molecule has 2 unspecified atom stereocenters. The molecule has 3 heteroatoms. The molecule has 0 radical (unpaired) electrons. The maximum atomic E-state index is 5.23. The maximum absolute atomic E-state index is 5.23. The lowest BCUT2D eigenvalue weighted by Crippen LogP contribution is -2.38.